The lowest BCUT2D eigenvalue weighted by atomic mass is 10.1. The first kappa shape index (κ1) is 18.2. The number of aryl methyl sites for hydroxylation is 1. The summed E-state index contributed by atoms with van der Waals surface area (Å²) in [5, 5.41) is 0. The predicted octanol–water partition coefficient (Wildman–Crippen LogP) is 3.19. The Hall–Kier alpha value is -1.82. The number of hydrogen-bond donors (Lipinski definition) is 0. The zero-order chi connectivity index (χ0) is 16.9. The third-order valence-corrected chi connectivity index (χ3v) is 4.29. The van der Waals surface area contributed by atoms with Crippen LogP contribution in [0.5, 0.6) is 0 Å². The summed E-state index contributed by atoms with van der Waals surface area (Å²) in [6, 6.07) is 6.33. The highest BCUT2D eigenvalue weighted by Gasteiger charge is 2.22. The van der Waals surface area contributed by atoms with Gasteiger partial charge in [0.25, 0.3) is 0 Å². The van der Waals surface area contributed by atoms with Crippen LogP contribution in [0.3, 0.4) is 0 Å². The van der Waals surface area contributed by atoms with Gasteiger partial charge in [-0.15, -0.1) is 0 Å². The normalized spacial score (nSPS) is 12.8. The average Bonchev–Trinajstić information content (AvgIpc) is 2.44. The van der Waals surface area contributed by atoms with Crippen molar-refractivity contribution in [1.29, 1.82) is 0 Å². The van der Waals surface area contributed by atoms with Gasteiger partial charge in [-0.1, -0.05) is 31.5 Å². The van der Waals surface area contributed by atoms with E-state index in [1.165, 1.54) is 26.2 Å². The second kappa shape index (κ2) is 7.45. The Kier molecular flexibility index (Phi) is 6.17. The molecule has 0 fully saturated rings. The SMILES string of the molecule is COC(=O)C(C)=C(CC(C)C)OS(=O)(=O)c1ccc(C)cc1. The Labute approximate surface area is 132 Å². The second-order valence-electron chi connectivity index (χ2n) is 5.49. The monoisotopic (exact) mass is 326 g/mol. The smallest absolute Gasteiger partial charge is 0.338 e. The maximum absolute atomic E-state index is 12.3. The van der Waals surface area contributed by atoms with Crippen LogP contribution >= 0.6 is 0 Å². The molecule has 0 aliphatic heterocycles. The van der Waals surface area contributed by atoms with Gasteiger partial charge < -0.3 is 8.92 Å². The van der Waals surface area contributed by atoms with Gasteiger partial charge >= 0.3 is 16.1 Å². The van der Waals surface area contributed by atoms with Gasteiger partial charge in [0, 0.05) is 6.42 Å². The minimum atomic E-state index is -3.97. The summed E-state index contributed by atoms with van der Waals surface area (Å²) in [7, 11) is -2.73. The number of rotatable bonds is 6. The van der Waals surface area contributed by atoms with E-state index in [-0.39, 0.29) is 22.1 Å². The lowest BCUT2D eigenvalue weighted by Gasteiger charge is -2.15. The molecule has 1 aromatic carbocycles. The molecule has 0 amide bonds. The number of carbonyl (C=O) groups excluding carboxylic acids is 1. The molecule has 22 heavy (non-hydrogen) atoms. The van der Waals surface area contributed by atoms with Crippen molar-refractivity contribution in [2.24, 2.45) is 5.92 Å². The molecule has 6 heteroatoms. The summed E-state index contributed by atoms with van der Waals surface area (Å²) < 4.78 is 34.5. The zero-order valence-corrected chi connectivity index (χ0v) is 14.4. The highest BCUT2D eigenvalue weighted by molar-refractivity contribution is 7.86. The zero-order valence-electron chi connectivity index (χ0n) is 13.5. The maximum Gasteiger partial charge on any atom is 0.338 e. The minimum Gasteiger partial charge on any atom is -0.466 e. The van der Waals surface area contributed by atoms with Gasteiger partial charge in [-0.25, -0.2) is 4.79 Å². The molecule has 0 saturated carbocycles. The van der Waals surface area contributed by atoms with Crippen LogP contribution in [0, 0.1) is 12.8 Å². The van der Waals surface area contributed by atoms with Crippen molar-refractivity contribution >= 4 is 16.1 Å². The first-order chi connectivity index (χ1) is 10.2. The van der Waals surface area contributed by atoms with E-state index in [1.54, 1.807) is 12.1 Å². The third kappa shape index (κ3) is 4.87. The number of benzene rings is 1. The summed E-state index contributed by atoms with van der Waals surface area (Å²) >= 11 is 0. The van der Waals surface area contributed by atoms with Gasteiger partial charge in [-0.05, 0) is 31.9 Å². The number of hydrogen-bond acceptors (Lipinski definition) is 5. The molecule has 0 N–H and O–H groups in total. The fraction of sp³-hybridized carbons (Fsp3) is 0.438. The summed E-state index contributed by atoms with van der Waals surface area (Å²) in [6.07, 6.45) is 0.325. The van der Waals surface area contributed by atoms with Gasteiger partial charge in [0.05, 0.1) is 12.7 Å². The molecule has 0 spiro atoms. The summed E-state index contributed by atoms with van der Waals surface area (Å²) in [4.78, 5) is 11.7. The molecular formula is C16H22O5S. The first-order valence-corrected chi connectivity index (χ1v) is 8.37. The van der Waals surface area contributed by atoms with Gasteiger partial charge in [0.15, 0.2) is 0 Å². The molecule has 0 aromatic heterocycles. The highest BCUT2D eigenvalue weighted by Crippen LogP contribution is 2.23. The van der Waals surface area contributed by atoms with E-state index in [1.807, 2.05) is 20.8 Å². The fourth-order valence-corrected chi connectivity index (χ4v) is 2.80. The maximum atomic E-state index is 12.3. The topological polar surface area (TPSA) is 69.7 Å². The van der Waals surface area contributed by atoms with Crippen LogP contribution in [-0.4, -0.2) is 21.5 Å². The van der Waals surface area contributed by atoms with E-state index in [0.29, 0.717) is 6.42 Å². The predicted molar refractivity (Wildman–Crippen MR) is 83.6 cm³/mol. The first-order valence-electron chi connectivity index (χ1n) is 6.96. The third-order valence-electron chi connectivity index (χ3n) is 3.02. The van der Waals surface area contributed by atoms with Crippen molar-refractivity contribution in [2.45, 2.75) is 39.0 Å². The molecule has 1 rings (SSSR count). The van der Waals surface area contributed by atoms with E-state index >= 15 is 0 Å². The van der Waals surface area contributed by atoms with E-state index in [2.05, 4.69) is 4.74 Å². The largest absolute Gasteiger partial charge is 0.466 e. The molecule has 0 aliphatic carbocycles. The van der Waals surface area contributed by atoms with E-state index in [0.717, 1.165) is 5.56 Å². The number of esters is 1. The minimum absolute atomic E-state index is 0.0528. The lowest BCUT2D eigenvalue weighted by molar-refractivity contribution is -0.136. The van der Waals surface area contributed by atoms with Crippen LogP contribution in [0.2, 0.25) is 0 Å². The molecule has 0 aliphatic rings. The van der Waals surface area contributed by atoms with Crippen molar-refractivity contribution in [2.75, 3.05) is 7.11 Å². The number of carbonyl (C=O) groups is 1. The molecular weight excluding hydrogens is 304 g/mol. The molecule has 1 aromatic rings. The average molecular weight is 326 g/mol. The van der Waals surface area contributed by atoms with Crippen LogP contribution in [0.4, 0.5) is 0 Å². The molecule has 122 valence electrons. The molecule has 0 atom stereocenters. The fourth-order valence-electron chi connectivity index (χ4n) is 1.77. The van der Waals surface area contributed by atoms with Crippen LogP contribution in [0.25, 0.3) is 0 Å². The van der Waals surface area contributed by atoms with Crippen molar-refractivity contribution in [3.63, 3.8) is 0 Å². The van der Waals surface area contributed by atoms with Gasteiger partial charge in [-0.3, -0.25) is 0 Å². The van der Waals surface area contributed by atoms with E-state index in [4.69, 9.17) is 4.18 Å². The number of allylic oxidation sites excluding steroid dienone is 1. The lowest BCUT2D eigenvalue weighted by Crippen LogP contribution is -2.13. The molecule has 0 radical (unpaired) electrons. The Bertz CT molecular complexity index is 654. The highest BCUT2D eigenvalue weighted by atomic mass is 32.2. The van der Waals surface area contributed by atoms with Crippen molar-refractivity contribution in [1.82, 2.24) is 0 Å². The van der Waals surface area contributed by atoms with E-state index in [9.17, 15) is 13.2 Å². The second-order valence-corrected chi connectivity index (χ2v) is 7.03. The standard InChI is InChI=1S/C16H22O5S/c1-11(2)10-15(13(4)16(17)20-5)21-22(18,19)14-8-6-12(3)7-9-14/h6-9,11H,10H2,1-5H3. The van der Waals surface area contributed by atoms with Crippen LogP contribution < -0.4 is 0 Å². The molecule has 0 bridgehead atoms. The van der Waals surface area contributed by atoms with E-state index < -0.39 is 16.1 Å². The van der Waals surface area contributed by atoms with Crippen LogP contribution in [0.1, 0.15) is 32.8 Å². The van der Waals surface area contributed by atoms with Gasteiger partial charge in [0.2, 0.25) is 0 Å². The van der Waals surface area contributed by atoms with Crippen molar-refractivity contribution in [3.8, 4) is 0 Å². The van der Waals surface area contributed by atoms with Gasteiger partial charge in [-0.2, -0.15) is 8.42 Å². The van der Waals surface area contributed by atoms with Crippen LogP contribution in [-0.2, 0) is 23.8 Å². The Morgan fingerprint density at radius 3 is 2.18 bits per heavy atom. The quantitative estimate of drug-likeness (QED) is 0.347. The Morgan fingerprint density at radius 1 is 1.18 bits per heavy atom. The Morgan fingerprint density at radius 2 is 1.73 bits per heavy atom. The van der Waals surface area contributed by atoms with Crippen LogP contribution in [0.15, 0.2) is 40.5 Å². The molecule has 5 nitrogen and oxygen atoms in total. The molecule has 0 unspecified atom stereocenters. The summed E-state index contributed by atoms with van der Waals surface area (Å²) in [5.41, 5.74) is 1.11. The number of ether oxygens (including phenoxy) is 1. The van der Waals surface area contributed by atoms with Crippen molar-refractivity contribution < 1.29 is 22.1 Å². The van der Waals surface area contributed by atoms with Gasteiger partial charge in [0.1, 0.15) is 10.7 Å². The van der Waals surface area contributed by atoms with Crippen molar-refractivity contribution in [3.05, 3.63) is 41.2 Å². The Balaban J connectivity index is 3.18. The number of methoxy groups -OCH3 is 1. The molecule has 0 heterocycles. The summed E-state index contributed by atoms with van der Waals surface area (Å²) in [6.45, 7) is 7.18. The molecule has 0 saturated heterocycles. The summed E-state index contributed by atoms with van der Waals surface area (Å²) in [5.74, 6) is -0.361.